The number of aryl methyl sites for hydroxylation is 1. The lowest BCUT2D eigenvalue weighted by Gasteiger charge is -2.35. The highest BCUT2D eigenvalue weighted by Crippen LogP contribution is 2.39. The molecule has 0 radical (unpaired) electrons. The fourth-order valence-electron chi connectivity index (χ4n) is 4.05. The standard InChI is InChI=1S/C24H31N3O4/c1-24(2,3)15-10-11-19-17(12-15)22(16-8-6-7-9-18(16)26-19)23(30)31-14-21(29)27(5)13-20(28)25-4/h6-9,15H,10-14H2,1-5H3,(H,25,28)/t15-/m0/s1. The third-order valence-electron chi connectivity index (χ3n) is 6.10. The van der Waals surface area contributed by atoms with E-state index < -0.39 is 18.5 Å². The van der Waals surface area contributed by atoms with Gasteiger partial charge in [-0.05, 0) is 42.2 Å². The molecule has 31 heavy (non-hydrogen) atoms. The molecule has 2 amide bonds. The summed E-state index contributed by atoms with van der Waals surface area (Å²) in [5, 5.41) is 3.21. The van der Waals surface area contributed by atoms with Crippen LogP contribution in [0.15, 0.2) is 24.3 Å². The fourth-order valence-corrected chi connectivity index (χ4v) is 4.05. The summed E-state index contributed by atoms with van der Waals surface area (Å²) in [6, 6.07) is 7.54. The lowest BCUT2D eigenvalue weighted by Crippen LogP contribution is -2.39. The van der Waals surface area contributed by atoms with Gasteiger partial charge in [-0.3, -0.25) is 14.6 Å². The van der Waals surface area contributed by atoms with Crippen molar-refractivity contribution in [3.8, 4) is 0 Å². The van der Waals surface area contributed by atoms with Crippen LogP contribution in [-0.2, 0) is 27.2 Å². The molecule has 7 nitrogen and oxygen atoms in total. The lowest BCUT2D eigenvalue weighted by atomic mass is 9.70. The summed E-state index contributed by atoms with van der Waals surface area (Å²) < 4.78 is 5.43. The Morgan fingerprint density at radius 3 is 2.61 bits per heavy atom. The number of pyridine rings is 1. The predicted molar refractivity (Wildman–Crippen MR) is 119 cm³/mol. The van der Waals surface area contributed by atoms with Crippen LogP contribution in [0.5, 0.6) is 0 Å². The van der Waals surface area contributed by atoms with Crippen molar-refractivity contribution < 1.29 is 19.1 Å². The number of aromatic nitrogens is 1. The summed E-state index contributed by atoms with van der Waals surface area (Å²) in [5.41, 5.74) is 3.25. The largest absolute Gasteiger partial charge is 0.452 e. The van der Waals surface area contributed by atoms with Gasteiger partial charge >= 0.3 is 5.97 Å². The van der Waals surface area contributed by atoms with Gasteiger partial charge in [0.05, 0.1) is 17.6 Å². The van der Waals surface area contributed by atoms with Crippen molar-refractivity contribution in [1.82, 2.24) is 15.2 Å². The first-order valence-electron chi connectivity index (χ1n) is 10.6. The Labute approximate surface area is 183 Å². The van der Waals surface area contributed by atoms with Crippen molar-refractivity contribution in [3.63, 3.8) is 0 Å². The maximum Gasteiger partial charge on any atom is 0.339 e. The van der Waals surface area contributed by atoms with Gasteiger partial charge in [0.2, 0.25) is 5.91 Å². The molecule has 1 aromatic heterocycles. The molecule has 0 saturated carbocycles. The van der Waals surface area contributed by atoms with Crippen LogP contribution in [0.4, 0.5) is 0 Å². The Bertz CT molecular complexity index is 1010. The summed E-state index contributed by atoms with van der Waals surface area (Å²) >= 11 is 0. The normalized spacial score (nSPS) is 15.8. The van der Waals surface area contributed by atoms with Crippen LogP contribution in [0.25, 0.3) is 10.9 Å². The van der Waals surface area contributed by atoms with Crippen LogP contribution in [0.2, 0.25) is 0 Å². The molecule has 0 bridgehead atoms. The molecule has 1 atom stereocenters. The van der Waals surface area contributed by atoms with E-state index in [0.29, 0.717) is 11.5 Å². The van der Waals surface area contributed by atoms with Gasteiger partial charge in [-0.15, -0.1) is 0 Å². The summed E-state index contributed by atoms with van der Waals surface area (Å²) in [6.07, 6.45) is 2.60. The summed E-state index contributed by atoms with van der Waals surface area (Å²) in [7, 11) is 3.01. The maximum atomic E-state index is 13.2. The predicted octanol–water partition coefficient (Wildman–Crippen LogP) is 2.75. The molecule has 1 aromatic carbocycles. The number of para-hydroxylation sites is 1. The summed E-state index contributed by atoms with van der Waals surface area (Å²) in [4.78, 5) is 43.1. The molecule has 0 fully saturated rings. The topological polar surface area (TPSA) is 88.6 Å². The maximum absolute atomic E-state index is 13.2. The minimum absolute atomic E-state index is 0.0896. The van der Waals surface area contributed by atoms with Crippen molar-refractivity contribution in [2.75, 3.05) is 27.2 Å². The molecule has 166 valence electrons. The molecule has 0 saturated heterocycles. The van der Waals surface area contributed by atoms with Gasteiger partial charge in [-0.2, -0.15) is 0 Å². The minimum atomic E-state index is -0.522. The number of esters is 1. The molecule has 1 N–H and O–H groups in total. The number of amides is 2. The average molecular weight is 426 g/mol. The smallest absolute Gasteiger partial charge is 0.339 e. The van der Waals surface area contributed by atoms with Crippen LogP contribution in [0.3, 0.4) is 0 Å². The van der Waals surface area contributed by atoms with Gasteiger partial charge in [0, 0.05) is 25.2 Å². The van der Waals surface area contributed by atoms with Crippen molar-refractivity contribution in [1.29, 1.82) is 0 Å². The van der Waals surface area contributed by atoms with Gasteiger partial charge in [0.1, 0.15) is 0 Å². The van der Waals surface area contributed by atoms with Crippen molar-refractivity contribution >= 4 is 28.7 Å². The highest BCUT2D eigenvalue weighted by molar-refractivity contribution is 6.05. The number of ether oxygens (including phenoxy) is 1. The molecule has 7 heteroatoms. The van der Waals surface area contributed by atoms with Gasteiger partial charge in [-0.1, -0.05) is 39.0 Å². The molecule has 0 aliphatic heterocycles. The lowest BCUT2D eigenvalue weighted by molar-refractivity contribution is -0.137. The first-order chi connectivity index (χ1) is 14.6. The zero-order chi connectivity index (χ0) is 22.8. The van der Waals surface area contributed by atoms with E-state index in [9.17, 15) is 14.4 Å². The molecule has 3 rings (SSSR count). The number of hydrogen-bond acceptors (Lipinski definition) is 5. The SMILES string of the molecule is CNC(=O)CN(C)C(=O)COC(=O)c1c2c(nc3ccccc13)CC[C@H](C(C)(C)C)C2. The number of fused-ring (bicyclic) bond motifs is 2. The second kappa shape index (κ2) is 9.04. The van der Waals surface area contributed by atoms with E-state index in [1.165, 1.54) is 19.0 Å². The first-order valence-corrected chi connectivity index (χ1v) is 10.6. The molecule has 1 aliphatic rings. The van der Waals surface area contributed by atoms with E-state index >= 15 is 0 Å². The van der Waals surface area contributed by atoms with Crippen LogP contribution >= 0.6 is 0 Å². The Morgan fingerprint density at radius 1 is 1.23 bits per heavy atom. The zero-order valence-corrected chi connectivity index (χ0v) is 18.9. The highest BCUT2D eigenvalue weighted by atomic mass is 16.5. The van der Waals surface area contributed by atoms with E-state index in [4.69, 9.17) is 9.72 Å². The molecule has 0 spiro atoms. The zero-order valence-electron chi connectivity index (χ0n) is 18.9. The molecule has 2 aromatic rings. The molecule has 1 heterocycles. The third-order valence-corrected chi connectivity index (χ3v) is 6.10. The number of carbonyl (C=O) groups excluding carboxylic acids is 3. The third kappa shape index (κ3) is 5.03. The number of benzene rings is 1. The number of likely N-dealkylation sites (N-methyl/N-ethyl adjacent to an activating group) is 2. The number of rotatable bonds is 5. The molecular weight excluding hydrogens is 394 g/mol. The molecular formula is C24H31N3O4. The van der Waals surface area contributed by atoms with Crippen molar-refractivity contribution in [2.45, 2.75) is 40.0 Å². The van der Waals surface area contributed by atoms with Gasteiger partial charge in [-0.25, -0.2) is 4.79 Å². The second-order valence-electron chi connectivity index (χ2n) is 9.23. The van der Waals surface area contributed by atoms with Crippen molar-refractivity contribution in [3.05, 3.63) is 41.1 Å². The van der Waals surface area contributed by atoms with Gasteiger partial charge < -0.3 is 15.0 Å². The summed E-state index contributed by atoms with van der Waals surface area (Å²) in [5.74, 6) is -0.817. The van der Waals surface area contributed by atoms with E-state index in [2.05, 4.69) is 26.1 Å². The minimum Gasteiger partial charge on any atom is -0.452 e. The number of hydrogen-bond donors (Lipinski definition) is 1. The van der Waals surface area contributed by atoms with Crippen LogP contribution in [-0.4, -0.2) is 54.9 Å². The van der Waals surface area contributed by atoms with Crippen LogP contribution in [0.1, 0.15) is 48.8 Å². The van der Waals surface area contributed by atoms with E-state index in [1.54, 1.807) is 0 Å². The molecule has 1 aliphatic carbocycles. The average Bonchev–Trinajstić information content (AvgIpc) is 2.74. The summed E-state index contributed by atoms with van der Waals surface area (Å²) in [6.45, 7) is 6.15. The number of nitrogens with one attached hydrogen (secondary N) is 1. The Hall–Kier alpha value is -2.96. The second-order valence-corrected chi connectivity index (χ2v) is 9.23. The number of carbonyl (C=O) groups is 3. The Balaban J connectivity index is 1.89. The Kier molecular flexibility index (Phi) is 6.62. The quantitative estimate of drug-likeness (QED) is 0.744. The number of nitrogens with zero attached hydrogens (tertiary/aromatic N) is 2. The van der Waals surface area contributed by atoms with Crippen molar-refractivity contribution in [2.24, 2.45) is 11.3 Å². The van der Waals surface area contributed by atoms with E-state index in [0.717, 1.165) is 41.4 Å². The van der Waals surface area contributed by atoms with Gasteiger partial charge in [0.25, 0.3) is 5.91 Å². The van der Waals surface area contributed by atoms with Crippen LogP contribution in [0, 0.1) is 11.3 Å². The van der Waals surface area contributed by atoms with E-state index in [1.807, 2.05) is 24.3 Å². The Morgan fingerprint density at radius 2 is 1.94 bits per heavy atom. The monoisotopic (exact) mass is 425 g/mol. The fraction of sp³-hybridized carbons (Fsp3) is 0.500. The first kappa shape index (κ1) is 22.7. The van der Waals surface area contributed by atoms with Crippen LogP contribution < -0.4 is 5.32 Å². The molecule has 0 unspecified atom stereocenters. The van der Waals surface area contributed by atoms with E-state index in [-0.39, 0.29) is 17.9 Å². The highest BCUT2D eigenvalue weighted by Gasteiger charge is 2.33. The van der Waals surface area contributed by atoms with Gasteiger partial charge in [0.15, 0.2) is 6.61 Å².